The van der Waals surface area contributed by atoms with E-state index in [1.807, 2.05) is 0 Å². The summed E-state index contributed by atoms with van der Waals surface area (Å²) in [4.78, 5) is 24.7. The molecule has 2 aromatic heterocycles. The van der Waals surface area contributed by atoms with Crippen molar-refractivity contribution in [3.05, 3.63) is 65.2 Å². The Morgan fingerprint density at radius 3 is 2.52 bits per heavy atom. The quantitative estimate of drug-likeness (QED) is 0.360. The van der Waals surface area contributed by atoms with E-state index in [4.69, 9.17) is 0 Å². The highest BCUT2D eigenvalue weighted by Crippen LogP contribution is 2.20. The van der Waals surface area contributed by atoms with Crippen LogP contribution in [0.25, 0.3) is 11.0 Å². The maximum absolute atomic E-state index is 14.2. The fourth-order valence-electron chi connectivity index (χ4n) is 2.55. The van der Waals surface area contributed by atoms with Crippen molar-refractivity contribution in [2.24, 2.45) is 0 Å². The van der Waals surface area contributed by atoms with Gasteiger partial charge in [-0.1, -0.05) is 0 Å². The molecule has 7 nitrogen and oxygen atoms in total. The normalized spacial score (nSPS) is 11.2. The van der Waals surface area contributed by atoms with Crippen LogP contribution in [0.3, 0.4) is 0 Å². The summed E-state index contributed by atoms with van der Waals surface area (Å²) in [6.45, 7) is 0.159. The third kappa shape index (κ3) is 4.47. The Bertz CT molecular complexity index is 1080. The summed E-state index contributed by atoms with van der Waals surface area (Å²) >= 11 is 0. The smallest absolute Gasteiger partial charge is 0.214 e. The lowest BCUT2D eigenvalue weighted by atomic mass is 10.0. The van der Waals surface area contributed by atoms with Crippen LogP contribution in [0.15, 0.2) is 36.8 Å². The molecule has 140 valence electrons. The molecule has 0 bridgehead atoms. The van der Waals surface area contributed by atoms with Gasteiger partial charge in [0.25, 0.3) is 0 Å². The van der Waals surface area contributed by atoms with E-state index in [0.29, 0.717) is 23.0 Å². The molecule has 0 amide bonds. The Kier molecular flexibility index (Phi) is 5.77. The third-order valence-electron chi connectivity index (χ3n) is 3.80. The molecular weight excluding hydrogens is 378 g/mol. The number of nitrogens with one attached hydrogen (secondary N) is 1. The second-order valence-corrected chi connectivity index (χ2v) is 6.48. The number of aryl methyl sites for hydroxylation is 1. The molecule has 0 saturated carbocycles. The topological polar surface area (TPSA) is 102 Å². The Labute approximate surface area is 154 Å². The third-order valence-corrected chi connectivity index (χ3v) is 4.29. The highest BCUT2D eigenvalue weighted by molar-refractivity contribution is 7.70. The number of fused-ring (bicyclic) bond motifs is 1. The molecule has 0 spiro atoms. The van der Waals surface area contributed by atoms with Crippen molar-refractivity contribution in [1.82, 2.24) is 19.7 Å². The van der Waals surface area contributed by atoms with E-state index in [1.165, 1.54) is 30.7 Å². The first kappa shape index (κ1) is 18.9. The number of thiol groups is 1. The summed E-state index contributed by atoms with van der Waals surface area (Å²) in [7, 11) is -2.71. The molecule has 0 aliphatic carbocycles. The van der Waals surface area contributed by atoms with Gasteiger partial charge in [0.2, 0.25) is 16.7 Å². The fourth-order valence-corrected chi connectivity index (χ4v) is 2.89. The van der Waals surface area contributed by atoms with Crippen molar-refractivity contribution < 1.29 is 22.0 Å². The predicted octanol–water partition coefficient (Wildman–Crippen LogP) is 1.58. The van der Waals surface area contributed by atoms with Crippen LogP contribution in [0.4, 0.5) is 8.78 Å². The van der Waals surface area contributed by atoms with Gasteiger partial charge in [-0.05, 0) is 36.6 Å². The van der Waals surface area contributed by atoms with E-state index < -0.39 is 33.9 Å². The molecule has 10 heteroatoms. The molecule has 0 fully saturated rings. The molecule has 3 aromatic rings. The lowest BCUT2D eigenvalue weighted by molar-refractivity contribution is 0.102. The molecule has 0 saturated heterocycles. The van der Waals surface area contributed by atoms with Crippen molar-refractivity contribution >= 4 is 27.7 Å². The first-order valence-corrected chi connectivity index (χ1v) is 9.10. The van der Waals surface area contributed by atoms with E-state index in [9.17, 15) is 22.0 Å². The van der Waals surface area contributed by atoms with Crippen molar-refractivity contribution in [2.45, 2.75) is 12.8 Å². The van der Waals surface area contributed by atoms with Crippen molar-refractivity contribution in [3.8, 4) is 0 Å². The number of benzene rings is 1. The summed E-state index contributed by atoms with van der Waals surface area (Å²) in [5, 5.41) is 0. The van der Waals surface area contributed by atoms with E-state index in [-0.39, 0.29) is 18.7 Å². The fraction of sp³-hybridized carbons (Fsp3) is 0.176. The number of hydrogen-bond acceptors (Lipinski definition) is 6. The monoisotopic (exact) mass is 392 g/mol. The SMILES string of the molecule is O=C(c1cc2nccnc2cn1)c1cc(CCCN[SH](=O)=O)cc(F)c1F. The molecule has 0 aliphatic heterocycles. The Balaban J connectivity index is 1.88. The molecule has 3 rings (SSSR count). The maximum atomic E-state index is 14.2. The molecular formula is C17H14F2N4O3S. The average molecular weight is 392 g/mol. The van der Waals surface area contributed by atoms with Gasteiger partial charge in [0.15, 0.2) is 11.6 Å². The molecule has 0 radical (unpaired) electrons. The molecule has 27 heavy (non-hydrogen) atoms. The van der Waals surface area contributed by atoms with Crippen LogP contribution in [0.1, 0.15) is 28.0 Å². The number of halogens is 2. The van der Waals surface area contributed by atoms with Gasteiger partial charge < -0.3 is 0 Å². The van der Waals surface area contributed by atoms with Crippen LogP contribution in [0, 0.1) is 11.6 Å². The highest BCUT2D eigenvalue weighted by Gasteiger charge is 2.20. The second-order valence-electron chi connectivity index (χ2n) is 5.65. The van der Waals surface area contributed by atoms with Crippen molar-refractivity contribution in [3.63, 3.8) is 0 Å². The summed E-state index contributed by atoms with van der Waals surface area (Å²) in [5.74, 6) is -3.19. The maximum Gasteiger partial charge on any atom is 0.214 e. The standard InChI is InChI=1S/C17H14F2N4O3S/c18-12-7-10(2-1-3-23-27(25)26)6-11(16(12)19)17(24)14-8-13-15(9-22-14)21-5-4-20-13/h4-9,27H,1-3H2,(H,23,25,26). The van der Waals surface area contributed by atoms with Crippen LogP contribution in [0.5, 0.6) is 0 Å². The predicted molar refractivity (Wildman–Crippen MR) is 93.8 cm³/mol. The highest BCUT2D eigenvalue weighted by atomic mass is 32.2. The Hall–Kier alpha value is -2.85. The lowest BCUT2D eigenvalue weighted by Gasteiger charge is -2.08. The molecule has 0 atom stereocenters. The molecule has 0 unspecified atom stereocenters. The minimum atomic E-state index is -2.71. The zero-order valence-electron chi connectivity index (χ0n) is 13.9. The number of ketones is 1. The van der Waals surface area contributed by atoms with Crippen LogP contribution in [-0.2, 0) is 17.3 Å². The van der Waals surface area contributed by atoms with Crippen LogP contribution in [0.2, 0.25) is 0 Å². The van der Waals surface area contributed by atoms with Crippen molar-refractivity contribution in [1.29, 1.82) is 0 Å². The van der Waals surface area contributed by atoms with Gasteiger partial charge in [-0.15, -0.1) is 0 Å². The average Bonchev–Trinajstić information content (AvgIpc) is 2.66. The van der Waals surface area contributed by atoms with Crippen LogP contribution < -0.4 is 4.72 Å². The van der Waals surface area contributed by atoms with Gasteiger partial charge in [0, 0.05) is 18.9 Å². The van der Waals surface area contributed by atoms with E-state index in [2.05, 4.69) is 19.7 Å². The van der Waals surface area contributed by atoms with Gasteiger partial charge in [-0.2, -0.15) is 0 Å². The lowest BCUT2D eigenvalue weighted by Crippen LogP contribution is -2.14. The van der Waals surface area contributed by atoms with Gasteiger partial charge >= 0.3 is 0 Å². The Morgan fingerprint density at radius 2 is 1.78 bits per heavy atom. The van der Waals surface area contributed by atoms with Gasteiger partial charge in [0.05, 0.1) is 17.3 Å². The minimum absolute atomic E-state index is 0.0801. The largest absolute Gasteiger partial charge is 0.287 e. The number of pyridine rings is 1. The summed E-state index contributed by atoms with van der Waals surface area (Å²) in [5.41, 5.74) is 0.733. The number of hydrogen-bond donors (Lipinski definition) is 2. The molecule has 2 heterocycles. The summed E-state index contributed by atoms with van der Waals surface area (Å²) in [6.07, 6.45) is 4.89. The molecule has 0 aliphatic rings. The first-order valence-electron chi connectivity index (χ1n) is 7.93. The summed E-state index contributed by atoms with van der Waals surface area (Å²) < 4.78 is 51.2. The number of aromatic nitrogens is 3. The van der Waals surface area contributed by atoms with Crippen LogP contribution >= 0.6 is 0 Å². The second kappa shape index (κ2) is 8.23. The number of rotatable bonds is 7. The minimum Gasteiger partial charge on any atom is -0.287 e. The van der Waals surface area contributed by atoms with Crippen LogP contribution in [-0.4, -0.2) is 35.7 Å². The van der Waals surface area contributed by atoms with E-state index in [1.54, 1.807) is 0 Å². The van der Waals surface area contributed by atoms with E-state index in [0.717, 1.165) is 6.07 Å². The Morgan fingerprint density at radius 1 is 1.04 bits per heavy atom. The van der Waals surface area contributed by atoms with Crippen molar-refractivity contribution in [2.75, 3.05) is 6.54 Å². The number of carbonyl (C=O) groups is 1. The van der Waals surface area contributed by atoms with Gasteiger partial charge in [-0.3, -0.25) is 19.7 Å². The van der Waals surface area contributed by atoms with Gasteiger partial charge in [0.1, 0.15) is 11.2 Å². The zero-order valence-corrected chi connectivity index (χ0v) is 14.7. The molecule has 1 N–H and O–H groups in total. The number of nitrogens with zero attached hydrogens (tertiary/aromatic N) is 3. The number of carbonyl (C=O) groups excluding carboxylic acids is 1. The van der Waals surface area contributed by atoms with Gasteiger partial charge in [-0.25, -0.2) is 21.9 Å². The zero-order chi connectivity index (χ0) is 19.4. The van der Waals surface area contributed by atoms with E-state index >= 15 is 0 Å². The summed E-state index contributed by atoms with van der Waals surface area (Å²) in [6, 6.07) is 3.60. The first-order chi connectivity index (χ1) is 13.0. The molecule has 1 aromatic carbocycles.